The van der Waals surface area contributed by atoms with E-state index in [1.165, 1.54) is 6.42 Å². The molecule has 1 fully saturated rings. The highest BCUT2D eigenvalue weighted by Crippen LogP contribution is 2.26. The molecule has 0 bridgehead atoms. The summed E-state index contributed by atoms with van der Waals surface area (Å²) in [5.41, 5.74) is 7.43. The van der Waals surface area contributed by atoms with Crippen LogP contribution in [0.4, 0.5) is 5.69 Å². The lowest BCUT2D eigenvalue weighted by molar-refractivity contribution is 0.618. The molecule has 1 aliphatic heterocycles. The van der Waals surface area contributed by atoms with Gasteiger partial charge in [0.2, 0.25) is 0 Å². The average molecular weight is 227 g/mol. The molecule has 2 nitrogen and oxygen atoms in total. The van der Waals surface area contributed by atoms with Gasteiger partial charge in [0.05, 0.1) is 5.02 Å². The third-order valence-electron chi connectivity index (χ3n) is 2.44. The van der Waals surface area contributed by atoms with E-state index in [1.54, 1.807) is 0 Å². The fourth-order valence-corrected chi connectivity index (χ4v) is 1.99. The molecule has 0 spiro atoms. The number of nitrogens with zero attached hydrogens (tertiary/aromatic N) is 1. The van der Waals surface area contributed by atoms with E-state index in [0.717, 1.165) is 24.3 Å². The quantitative estimate of drug-likeness (QED) is 0.784. The first kappa shape index (κ1) is 9.74. The molecule has 0 radical (unpaired) electrons. The number of hydrogen-bond donors (Lipinski definition) is 1. The maximum absolute atomic E-state index is 6.06. The molecule has 0 amide bonds. The number of halogens is 1. The van der Waals surface area contributed by atoms with Gasteiger partial charge in [0.1, 0.15) is 4.99 Å². The zero-order valence-electron chi connectivity index (χ0n) is 7.66. The van der Waals surface area contributed by atoms with Crippen LogP contribution in [0.1, 0.15) is 12.0 Å². The van der Waals surface area contributed by atoms with Crippen molar-refractivity contribution in [2.45, 2.75) is 6.42 Å². The number of rotatable bonds is 2. The van der Waals surface area contributed by atoms with Gasteiger partial charge in [-0.3, -0.25) is 0 Å². The highest BCUT2D eigenvalue weighted by atomic mass is 35.5. The second-order valence-corrected chi connectivity index (χ2v) is 4.22. The SMILES string of the molecule is NC(=S)c1ccc(N2CCC2)cc1Cl. The maximum atomic E-state index is 6.06. The minimum atomic E-state index is 0.352. The van der Waals surface area contributed by atoms with Crippen molar-refractivity contribution in [2.75, 3.05) is 18.0 Å². The summed E-state index contributed by atoms with van der Waals surface area (Å²) in [5, 5.41) is 0.641. The minimum Gasteiger partial charge on any atom is -0.389 e. The lowest BCUT2D eigenvalue weighted by atomic mass is 10.1. The molecule has 0 aliphatic carbocycles. The molecule has 1 aromatic rings. The lowest BCUT2D eigenvalue weighted by Crippen LogP contribution is -2.36. The molecule has 1 saturated heterocycles. The highest BCUT2D eigenvalue weighted by Gasteiger charge is 2.15. The fraction of sp³-hybridized carbons (Fsp3) is 0.300. The molecule has 1 heterocycles. The molecule has 0 unspecified atom stereocenters. The maximum Gasteiger partial charge on any atom is 0.105 e. The van der Waals surface area contributed by atoms with E-state index in [-0.39, 0.29) is 0 Å². The van der Waals surface area contributed by atoms with Crippen molar-refractivity contribution in [1.29, 1.82) is 0 Å². The zero-order chi connectivity index (χ0) is 10.1. The Bertz CT molecular complexity index is 374. The number of nitrogens with two attached hydrogens (primary N) is 1. The third kappa shape index (κ3) is 1.70. The Labute approximate surface area is 93.6 Å². The van der Waals surface area contributed by atoms with E-state index < -0.39 is 0 Å². The predicted octanol–water partition coefficient (Wildman–Crippen LogP) is 2.18. The van der Waals surface area contributed by atoms with Crippen molar-refractivity contribution in [3.05, 3.63) is 28.8 Å². The molecule has 0 saturated carbocycles. The van der Waals surface area contributed by atoms with Gasteiger partial charge in [-0.1, -0.05) is 23.8 Å². The number of thiocarbonyl (C=S) groups is 1. The van der Waals surface area contributed by atoms with Gasteiger partial charge < -0.3 is 10.6 Å². The third-order valence-corrected chi connectivity index (χ3v) is 2.97. The minimum absolute atomic E-state index is 0.352. The van der Waals surface area contributed by atoms with Crippen LogP contribution in [0.25, 0.3) is 0 Å². The average Bonchev–Trinajstić information content (AvgIpc) is 2.00. The first-order chi connectivity index (χ1) is 6.68. The van der Waals surface area contributed by atoms with Crippen molar-refractivity contribution in [3.8, 4) is 0 Å². The summed E-state index contributed by atoms with van der Waals surface area (Å²) < 4.78 is 0. The standard InChI is InChI=1S/C10H11ClN2S/c11-9-6-7(13-4-1-5-13)2-3-8(9)10(12)14/h2-3,6H,1,4-5H2,(H2,12,14). The van der Waals surface area contributed by atoms with Crippen LogP contribution >= 0.6 is 23.8 Å². The monoisotopic (exact) mass is 226 g/mol. The van der Waals surface area contributed by atoms with Gasteiger partial charge in [0.25, 0.3) is 0 Å². The number of anilines is 1. The second-order valence-electron chi connectivity index (χ2n) is 3.37. The Balaban J connectivity index is 2.30. The summed E-state index contributed by atoms with van der Waals surface area (Å²) in [4.78, 5) is 2.63. The van der Waals surface area contributed by atoms with E-state index in [4.69, 9.17) is 29.6 Å². The van der Waals surface area contributed by atoms with Crippen molar-refractivity contribution >= 4 is 34.5 Å². The topological polar surface area (TPSA) is 29.3 Å². The van der Waals surface area contributed by atoms with E-state index in [9.17, 15) is 0 Å². The Morgan fingerprint density at radius 3 is 2.57 bits per heavy atom. The predicted molar refractivity (Wildman–Crippen MR) is 64.2 cm³/mol. The Kier molecular flexibility index (Phi) is 2.61. The number of hydrogen-bond acceptors (Lipinski definition) is 2. The summed E-state index contributed by atoms with van der Waals surface area (Å²) in [6.45, 7) is 2.23. The lowest BCUT2D eigenvalue weighted by Gasteiger charge is -2.33. The van der Waals surface area contributed by atoms with E-state index in [2.05, 4.69) is 4.90 Å². The summed E-state index contributed by atoms with van der Waals surface area (Å²) in [5.74, 6) is 0. The van der Waals surface area contributed by atoms with Gasteiger partial charge in [-0.15, -0.1) is 0 Å². The highest BCUT2D eigenvalue weighted by molar-refractivity contribution is 7.80. The molecule has 1 aliphatic rings. The van der Waals surface area contributed by atoms with Gasteiger partial charge >= 0.3 is 0 Å². The molecule has 0 aromatic heterocycles. The van der Waals surface area contributed by atoms with E-state index in [0.29, 0.717) is 10.0 Å². The van der Waals surface area contributed by atoms with Gasteiger partial charge in [-0.25, -0.2) is 0 Å². The van der Waals surface area contributed by atoms with Gasteiger partial charge in [0.15, 0.2) is 0 Å². The van der Waals surface area contributed by atoms with Crippen LogP contribution in [0.5, 0.6) is 0 Å². The molecule has 0 atom stereocenters. The normalized spacial score (nSPS) is 15.1. The molecule has 74 valence electrons. The summed E-state index contributed by atoms with van der Waals surface area (Å²) in [7, 11) is 0. The van der Waals surface area contributed by atoms with E-state index in [1.807, 2.05) is 18.2 Å². The van der Waals surface area contributed by atoms with Crippen LogP contribution in [0.2, 0.25) is 5.02 Å². The first-order valence-corrected chi connectivity index (χ1v) is 5.31. The summed E-state index contributed by atoms with van der Waals surface area (Å²) >= 11 is 10.9. The molecular weight excluding hydrogens is 216 g/mol. The summed E-state index contributed by atoms with van der Waals surface area (Å²) in [6, 6.07) is 5.83. The number of benzene rings is 1. The molecule has 2 N–H and O–H groups in total. The van der Waals surface area contributed by atoms with Crippen molar-refractivity contribution in [2.24, 2.45) is 5.73 Å². The Hall–Kier alpha value is -0.800. The van der Waals surface area contributed by atoms with Gasteiger partial charge in [-0.2, -0.15) is 0 Å². The first-order valence-electron chi connectivity index (χ1n) is 4.53. The van der Waals surface area contributed by atoms with Crippen molar-refractivity contribution in [1.82, 2.24) is 0 Å². The second kappa shape index (κ2) is 3.75. The van der Waals surface area contributed by atoms with Gasteiger partial charge in [-0.05, 0) is 24.6 Å². The van der Waals surface area contributed by atoms with Crippen molar-refractivity contribution in [3.63, 3.8) is 0 Å². The molecule has 2 rings (SSSR count). The van der Waals surface area contributed by atoms with E-state index >= 15 is 0 Å². The van der Waals surface area contributed by atoms with Crippen molar-refractivity contribution < 1.29 is 0 Å². The molecular formula is C10H11ClN2S. The Morgan fingerprint density at radius 2 is 2.14 bits per heavy atom. The van der Waals surface area contributed by atoms with Crippen LogP contribution in [-0.2, 0) is 0 Å². The van der Waals surface area contributed by atoms with Crippen LogP contribution in [-0.4, -0.2) is 18.1 Å². The molecule has 1 aromatic carbocycles. The largest absolute Gasteiger partial charge is 0.389 e. The Morgan fingerprint density at radius 1 is 1.43 bits per heavy atom. The summed E-state index contributed by atoms with van der Waals surface area (Å²) in [6.07, 6.45) is 1.26. The van der Waals surface area contributed by atoms with Crippen LogP contribution < -0.4 is 10.6 Å². The van der Waals surface area contributed by atoms with Crippen LogP contribution in [0.3, 0.4) is 0 Å². The zero-order valence-corrected chi connectivity index (χ0v) is 9.24. The van der Waals surface area contributed by atoms with Crippen LogP contribution in [0, 0.1) is 0 Å². The van der Waals surface area contributed by atoms with Crippen LogP contribution in [0.15, 0.2) is 18.2 Å². The van der Waals surface area contributed by atoms with Gasteiger partial charge in [0, 0.05) is 24.3 Å². The molecule has 14 heavy (non-hydrogen) atoms. The fourth-order valence-electron chi connectivity index (χ4n) is 1.47. The molecule has 4 heteroatoms. The smallest absolute Gasteiger partial charge is 0.105 e.